The lowest BCUT2D eigenvalue weighted by atomic mass is 9.69. The minimum Gasteiger partial charge on any atom is -0.329 e. The summed E-state index contributed by atoms with van der Waals surface area (Å²) in [4.78, 5) is 0. The lowest BCUT2D eigenvalue weighted by Gasteiger charge is -2.38. The van der Waals surface area contributed by atoms with E-state index in [0.29, 0.717) is 11.3 Å². The molecule has 2 rings (SSSR count). The van der Waals surface area contributed by atoms with Crippen LogP contribution < -0.4 is 10.7 Å². The molecule has 0 aromatic rings. The van der Waals surface area contributed by atoms with E-state index in [1.165, 1.54) is 25.7 Å². The number of hydrogen-bond donors (Lipinski definition) is 2. The molecule has 18 heavy (non-hydrogen) atoms. The van der Waals surface area contributed by atoms with Crippen molar-refractivity contribution in [2.24, 2.45) is 17.3 Å². The summed E-state index contributed by atoms with van der Waals surface area (Å²) < 4.78 is 5.99. The van der Waals surface area contributed by atoms with Gasteiger partial charge in [0.2, 0.25) is 0 Å². The van der Waals surface area contributed by atoms with Crippen LogP contribution in [0.5, 0.6) is 0 Å². The Balaban J connectivity index is 1.84. The van der Waals surface area contributed by atoms with E-state index in [-0.39, 0.29) is 12.6 Å². The molecule has 4 nitrogen and oxygen atoms in total. The highest BCUT2D eigenvalue weighted by Crippen LogP contribution is 2.41. The second-order valence-corrected chi connectivity index (χ2v) is 6.92. The third-order valence-corrected chi connectivity index (χ3v) is 4.63. The molecule has 2 unspecified atom stereocenters. The van der Waals surface area contributed by atoms with Crippen LogP contribution in [0.3, 0.4) is 0 Å². The molecule has 0 aromatic carbocycles. The number of rotatable bonds is 2. The summed E-state index contributed by atoms with van der Waals surface area (Å²) in [5.41, 5.74) is 3.88. The maximum Gasteiger partial charge on any atom is 0.180 e. The van der Waals surface area contributed by atoms with Crippen LogP contribution >= 0.6 is 0 Å². The van der Waals surface area contributed by atoms with Gasteiger partial charge in [0.15, 0.2) is 6.35 Å². The summed E-state index contributed by atoms with van der Waals surface area (Å²) >= 11 is 0. The summed E-state index contributed by atoms with van der Waals surface area (Å²) in [6, 6.07) is 0. The van der Waals surface area contributed by atoms with Crippen LogP contribution in [0.25, 0.3) is 0 Å². The standard InChI is InChI=1S/C14H29N3O/c1-14(2,3)11-8-6-10(7-9-11)12-16-17(5)13(15-4)18-12/h10-13,15-16H,6-9H2,1-5H3. The van der Waals surface area contributed by atoms with Crippen LogP contribution in [0.2, 0.25) is 0 Å². The van der Waals surface area contributed by atoms with E-state index in [9.17, 15) is 0 Å². The van der Waals surface area contributed by atoms with Gasteiger partial charge < -0.3 is 4.74 Å². The molecule has 2 atom stereocenters. The monoisotopic (exact) mass is 255 g/mol. The first kappa shape index (κ1) is 14.3. The highest BCUT2D eigenvalue weighted by atomic mass is 16.6. The molecule has 1 saturated heterocycles. The molecule has 4 heteroatoms. The van der Waals surface area contributed by atoms with Gasteiger partial charge in [-0.2, -0.15) is 0 Å². The molecular formula is C14H29N3O. The Labute approximate surface area is 111 Å². The molecule has 0 spiro atoms. The zero-order valence-electron chi connectivity index (χ0n) is 12.5. The molecular weight excluding hydrogens is 226 g/mol. The molecule has 0 amide bonds. The van der Waals surface area contributed by atoms with E-state index in [1.807, 2.05) is 19.1 Å². The van der Waals surface area contributed by atoms with Gasteiger partial charge in [0.25, 0.3) is 0 Å². The van der Waals surface area contributed by atoms with E-state index in [1.54, 1.807) is 0 Å². The van der Waals surface area contributed by atoms with Crippen LogP contribution in [0.1, 0.15) is 46.5 Å². The SMILES string of the molecule is CNC1OC(C2CCC(C(C)(C)C)CC2)NN1C. The normalized spacial score (nSPS) is 39.2. The summed E-state index contributed by atoms with van der Waals surface area (Å²) in [6.07, 6.45) is 5.44. The van der Waals surface area contributed by atoms with E-state index < -0.39 is 0 Å². The van der Waals surface area contributed by atoms with Crippen LogP contribution in [-0.4, -0.2) is 31.7 Å². The third-order valence-electron chi connectivity index (χ3n) is 4.63. The van der Waals surface area contributed by atoms with Crippen molar-refractivity contribution in [3.63, 3.8) is 0 Å². The Hall–Kier alpha value is -0.160. The smallest absolute Gasteiger partial charge is 0.180 e. The highest BCUT2D eigenvalue weighted by Gasteiger charge is 2.38. The molecule has 2 N–H and O–H groups in total. The predicted molar refractivity (Wildman–Crippen MR) is 73.5 cm³/mol. The first-order valence-electron chi connectivity index (χ1n) is 7.23. The lowest BCUT2D eigenvalue weighted by molar-refractivity contribution is -0.0421. The van der Waals surface area contributed by atoms with Crippen molar-refractivity contribution in [2.45, 2.75) is 59.0 Å². The average Bonchev–Trinajstić information content (AvgIpc) is 2.69. The highest BCUT2D eigenvalue weighted by molar-refractivity contribution is 4.84. The van der Waals surface area contributed by atoms with Gasteiger partial charge in [-0.15, -0.1) is 0 Å². The molecule has 106 valence electrons. The number of nitrogens with one attached hydrogen (secondary N) is 2. The zero-order valence-corrected chi connectivity index (χ0v) is 12.5. The molecule has 2 aliphatic rings. The first-order chi connectivity index (χ1) is 8.41. The maximum absolute atomic E-state index is 5.99. The second kappa shape index (κ2) is 5.45. The minimum atomic E-state index is 0.00957. The lowest BCUT2D eigenvalue weighted by Crippen LogP contribution is -2.43. The Kier molecular flexibility index (Phi) is 4.32. The molecule has 1 aliphatic heterocycles. The van der Waals surface area contributed by atoms with Gasteiger partial charge >= 0.3 is 0 Å². The van der Waals surface area contributed by atoms with E-state index in [0.717, 1.165) is 5.92 Å². The summed E-state index contributed by atoms with van der Waals surface area (Å²) in [5.74, 6) is 1.53. The van der Waals surface area contributed by atoms with Gasteiger partial charge in [-0.3, -0.25) is 5.32 Å². The van der Waals surface area contributed by atoms with Gasteiger partial charge in [0.1, 0.15) is 6.23 Å². The molecule has 0 bridgehead atoms. The molecule has 0 radical (unpaired) electrons. The van der Waals surface area contributed by atoms with Crippen molar-refractivity contribution >= 4 is 0 Å². The maximum atomic E-state index is 5.99. The van der Waals surface area contributed by atoms with E-state index in [4.69, 9.17) is 4.74 Å². The fourth-order valence-electron chi connectivity index (χ4n) is 3.30. The van der Waals surface area contributed by atoms with Crippen LogP contribution in [0, 0.1) is 17.3 Å². The molecule has 2 fully saturated rings. The summed E-state index contributed by atoms with van der Waals surface area (Å²) in [6.45, 7) is 7.10. The molecule has 1 aliphatic carbocycles. The second-order valence-electron chi connectivity index (χ2n) is 6.92. The molecule has 0 aromatic heterocycles. The predicted octanol–water partition coefficient (Wildman–Crippen LogP) is 2.13. The van der Waals surface area contributed by atoms with Crippen LogP contribution in [0.4, 0.5) is 0 Å². The first-order valence-corrected chi connectivity index (χ1v) is 7.23. The largest absolute Gasteiger partial charge is 0.329 e. The van der Waals surface area contributed by atoms with Crippen molar-refractivity contribution in [3.05, 3.63) is 0 Å². The quantitative estimate of drug-likeness (QED) is 0.792. The number of hydrogen-bond acceptors (Lipinski definition) is 4. The average molecular weight is 255 g/mol. The minimum absolute atomic E-state index is 0.00957. The van der Waals surface area contributed by atoms with Crippen molar-refractivity contribution in [2.75, 3.05) is 14.1 Å². The number of ether oxygens (including phenoxy) is 1. The topological polar surface area (TPSA) is 36.5 Å². The third kappa shape index (κ3) is 3.05. The van der Waals surface area contributed by atoms with E-state index in [2.05, 4.69) is 31.5 Å². The van der Waals surface area contributed by atoms with Crippen LogP contribution in [0.15, 0.2) is 0 Å². The van der Waals surface area contributed by atoms with Gasteiger partial charge in [-0.05, 0) is 50.0 Å². The van der Waals surface area contributed by atoms with Crippen molar-refractivity contribution in [1.82, 2.24) is 15.8 Å². The van der Waals surface area contributed by atoms with Gasteiger partial charge in [0, 0.05) is 7.05 Å². The van der Waals surface area contributed by atoms with E-state index >= 15 is 0 Å². The van der Waals surface area contributed by atoms with Crippen molar-refractivity contribution in [3.8, 4) is 0 Å². The Morgan fingerprint density at radius 3 is 2.22 bits per heavy atom. The Bertz CT molecular complexity index is 269. The molecule has 1 saturated carbocycles. The van der Waals surface area contributed by atoms with Gasteiger partial charge in [0.05, 0.1) is 0 Å². The zero-order chi connectivity index (χ0) is 13.3. The van der Waals surface area contributed by atoms with Crippen molar-refractivity contribution < 1.29 is 4.74 Å². The van der Waals surface area contributed by atoms with Gasteiger partial charge in [-0.25, -0.2) is 10.4 Å². The Morgan fingerprint density at radius 2 is 1.78 bits per heavy atom. The van der Waals surface area contributed by atoms with Crippen molar-refractivity contribution in [1.29, 1.82) is 0 Å². The Morgan fingerprint density at radius 1 is 1.17 bits per heavy atom. The van der Waals surface area contributed by atoms with Gasteiger partial charge in [-0.1, -0.05) is 20.8 Å². The summed E-state index contributed by atoms with van der Waals surface area (Å²) in [5, 5.41) is 5.19. The fraction of sp³-hybridized carbons (Fsp3) is 1.00. The fourth-order valence-corrected chi connectivity index (χ4v) is 3.30. The van der Waals surface area contributed by atoms with Crippen LogP contribution in [-0.2, 0) is 4.74 Å². The number of nitrogens with zero attached hydrogens (tertiary/aromatic N) is 1. The molecule has 1 heterocycles. The summed E-state index contributed by atoms with van der Waals surface area (Å²) in [7, 11) is 3.96. The number of hydrazine groups is 1.